The number of amides is 2. The van der Waals surface area contributed by atoms with Gasteiger partial charge in [-0.2, -0.15) is 0 Å². The zero-order valence-electron chi connectivity index (χ0n) is 24.9. The van der Waals surface area contributed by atoms with Gasteiger partial charge in [-0.25, -0.2) is 8.78 Å². The molecule has 42 heavy (non-hydrogen) atoms. The summed E-state index contributed by atoms with van der Waals surface area (Å²) in [4.78, 5) is 44.4. The Morgan fingerprint density at radius 1 is 1.10 bits per heavy atom. The van der Waals surface area contributed by atoms with Crippen LogP contribution in [-0.2, 0) is 9.59 Å². The summed E-state index contributed by atoms with van der Waals surface area (Å²) in [6.07, 6.45) is 5.45. The van der Waals surface area contributed by atoms with Gasteiger partial charge in [-0.15, -0.1) is 0 Å². The lowest BCUT2D eigenvalue weighted by Crippen LogP contribution is -2.51. The summed E-state index contributed by atoms with van der Waals surface area (Å²) in [5.74, 6) is -3.18. The van der Waals surface area contributed by atoms with Crippen LogP contribution in [0.5, 0.6) is 0 Å². The number of carboxylic acids is 1. The molecule has 1 aliphatic carbocycles. The Morgan fingerprint density at radius 2 is 1.76 bits per heavy atom. The number of rotatable bonds is 11. The van der Waals surface area contributed by atoms with Crippen LogP contribution in [0.1, 0.15) is 107 Å². The normalized spacial score (nSPS) is 21.4. The Labute approximate surface area is 246 Å². The van der Waals surface area contributed by atoms with E-state index in [1.54, 1.807) is 12.1 Å². The molecule has 0 unspecified atom stereocenters. The van der Waals surface area contributed by atoms with Crippen molar-refractivity contribution in [3.05, 3.63) is 70.8 Å². The molecule has 1 fully saturated rings. The van der Waals surface area contributed by atoms with Crippen LogP contribution in [-0.4, -0.2) is 45.7 Å². The van der Waals surface area contributed by atoms with Crippen molar-refractivity contribution in [3.63, 3.8) is 0 Å². The molecule has 1 spiro atoms. The number of aliphatic carboxylic acids is 1. The van der Waals surface area contributed by atoms with Crippen LogP contribution in [0.3, 0.4) is 0 Å². The SMILES string of the molecule is CCC[C@H](c1ccc(C(=O)NCCC(=O)O)cc1)N1C(=O)C(c2ccc(F)c(F)c2)=NC12CCC(C(C)(C)CC)CC2. The average molecular weight is 582 g/mol. The maximum atomic E-state index is 14.3. The molecule has 0 bridgehead atoms. The summed E-state index contributed by atoms with van der Waals surface area (Å²) in [7, 11) is 0. The zero-order chi connectivity index (χ0) is 30.7. The van der Waals surface area contributed by atoms with Gasteiger partial charge in [-0.3, -0.25) is 19.4 Å². The lowest BCUT2D eigenvalue weighted by atomic mass is 9.67. The molecule has 0 saturated heterocycles. The molecule has 226 valence electrons. The van der Waals surface area contributed by atoms with Gasteiger partial charge in [0.15, 0.2) is 11.6 Å². The standard InChI is InChI=1S/C33H41F2N3O4/c1-5-7-27(21-8-10-22(11-9-21)30(41)36-19-16-28(39)40)38-31(42)29(23-12-13-25(34)26(35)20-23)37-33(38)17-14-24(15-18-33)32(3,4)6-2/h8-13,20,24,27H,5-7,14-19H2,1-4H3,(H,36,41)(H,39,40)/t24?,27-,33?/m1/s1. The molecule has 2 aliphatic rings. The number of hydrogen-bond acceptors (Lipinski definition) is 4. The molecule has 2 amide bonds. The monoisotopic (exact) mass is 581 g/mol. The van der Waals surface area contributed by atoms with E-state index in [2.05, 4.69) is 26.1 Å². The van der Waals surface area contributed by atoms with E-state index in [9.17, 15) is 23.2 Å². The van der Waals surface area contributed by atoms with E-state index in [1.807, 2.05) is 24.0 Å². The van der Waals surface area contributed by atoms with Crippen molar-refractivity contribution in [1.29, 1.82) is 0 Å². The van der Waals surface area contributed by atoms with Gasteiger partial charge >= 0.3 is 5.97 Å². The van der Waals surface area contributed by atoms with E-state index in [1.165, 1.54) is 6.07 Å². The number of hydrogen-bond donors (Lipinski definition) is 2. The molecule has 0 aromatic heterocycles. The van der Waals surface area contributed by atoms with E-state index in [-0.39, 0.29) is 47.5 Å². The van der Waals surface area contributed by atoms with Crippen LogP contribution in [0.25, 0.3) is 0 Å². The number of nitrogens with zero attached hydrogens (tertiary/aromatic N) is 2. The molecule has 1 aliphatic heterocycles. The number of carboxylic acid groups (broad SMARTS) is 1. The van der Waals surface area contributed by atoms with Gasteiger partial charge in [0.1, 0.15) is 11.4 Å². The number of carbonyl (C=O) groups excluding carboxylic acids is 2. The highest BCUT2D eigenvalue weighted by Gasteiger charge is 2.52. The Morgan fingerprint density at radius 3 is 2.33 bits per heavy atom. The minimum atomic E-state index is -1.02. The summed E-state index contributed by atoms with van der Waals surface area (Å²) in [6, 6.07) is 10.2. The van der Waals surface area contributed by atoms with Crippen molar-refractivity contribution in [2.45, 2.75) is 90.8 Å². The first kappa shape index (κ1) is 31.3. The minimum Gasteiger partial charge on any atom is -0.481 e. The molecule has 1 saturated carbocycles. The maximum absolute atomic E-state index is 14.3. The van der Waals surface area contributed by atoms with Crippen molar-refractivity contribution in [2.24, 2.45) is 16.3 Å². The highest BCUT2D eigenvalue weighted by atomic mass is 19.2. The summed E-state index contributed by atoms with van der Waals surface area (Å²) < 4.78 is 28.0. The van der Waals surface area contributed by atoms with Gasteiger partial charge in [0.05, 0.1) is 12.5 Å². The topological polar surface area (TPSA) is 99.1 Å². The molecule has 2 N–H and O–H groups in total. The lowest BCUT2D eigenvalue weighted by molar-refractivity contribution is -0.137. The highest BCUT2D eigenvalue weighted by Crippen LogP contribution is 2.50. The fraction of sp³-hybridized carbons (Fsp3) is 0.515. The number of carbonyl (C=O) groups is 3. The first-order valence-corrected chi connectivity index (χ1v) is 14.9. The molecule has 1 atom stereocenters. The third kappa shape index (κ3) is 6.40. The number of nitrogens with one attached hydrogen (secondary N) is 1. The first-order valence-electron chi connectivity index (χ1n) is 14.9. The van der Waals surface area contributed by atoms with Crippen molar-refractivity contribution in [2.75, 3.05) is 6.54 Å². The van der Waals surface area contributed by atoms with E-state index in [0.29, 0.717) is 30.7 Å². The van der Waals surface area contributed by atoms with Crippen LogP contribution < -0.4 is 5.32 Å². The molecule has 1 heterocycles. The molecule has 4 rings (SSSR count). The lowest BCUT2D eigenvalue weighted by Gasteiger charge is -2.48. The predicted molar refractivity (Wildman–Crippen MR) is 157 cm³/mol. The Kier molecular flexibility index (Phi) is 9.48. The Bertz CT molecular complexity index is 1350. The molecular weight excluding hydrogens is 540 g/mol. The smallest absolute Gasteiger partial charge is 0.305 e. The largest absolute Gasteiger partial charge is 0.481 e. The number of halogens is 2. The maximum Gasteiger partial charge on any atom is 0.305 e. The molecule has 0 radical (unpaired) electrons. The van der Waals surface area contributed by atoms with Gasteiger partial charge in [0.2, 0.25) is 0 Å². The Balaban J connectivity index is 1.69. The summed E-state index contributed by atoms with van der Waals surface area (Å²) in [6.45, 7) is 8.83. The van der Waals surface area contributed by atoms with Crippen molar-refractivity contribution >= 4 is 23.5 Å². The van der Waals surface area contributed by atoms with Gasteiger partial charge in [-0.1, -0.05) is 52.7 Å². The third-order valence-corrected chi connectivity index (χ3v) is 9.24. The molecular formula is C33H41F2N3O4. The molecule has 9 heteroatoms. The fourth-order valence-electron chi connectivity index (χ4n) is 6.34. The molecule has 2 aromatic carbocycles. The van der Waals surface area contributed by atoms with Gasteiger partial charge in [-0.05, 0) is 79.3 Å². The summed E-state index contributed by atoms with van der Waals surface area (Å²) >= 11 is 0. The van der Waals surface area contributed by atoms with Gasteiger partial charge in [0, 0.05) is 17.7 Å². The van der Waals surface area contributed by atoms with Crippen LogP contribution in [0.2, 0.25) is 0 Å². The van der Waals surface area contributed by atoms with E-state index in [4.69, 9.17) is 10.1 Å². The molecule has 7 nitrogen and oxygen atoms in total. The molecule has 2 aromatic rings. The first-order chi connectivity index (χ1) is 19.9. The summed E-state index contributed by atoms with van der Waals surface area (Å²) in [5.41, 5.74) is 1.01. The van der Waals surface area contributed by atoms with Gasteiger partial charge < -0.3 is 15.3 Å². The van der Waals surface area contributed by atoms with Crippen LogP contribution in [0.15, 0.2) is 47.5 Å². The highest BCUT2D eigenvalue weighted by molar-refractivity contribution is 6.46. The van der Waals surface area contributed by atoms with Crippen molar-refractivity contribution in [3.8, 4) is 0 Å². The second-order valence-electron chi connectivity index (χ2n) is 12.2. The van der Waals surface area contributed by atoms with Crippen LogP contribution in [0.4, 0.5) is 8.78 Å². The van der Waals surface area contributed by atoms with Crippen LogP contribution >= 0.6 is 0 Å². The fourth-order valence-corrected chi connectivity index (χ4v) is 6.34. The Hall–Kier alpha value is -3.62. The average Bonchev–Trinajstić information content (AvgIpc) is 3.24. The zero-order valence-corrected chi connectivity index (χ0v) is 24.9. The predicted octanol–water partition coefficient (Wildman–Crippen LogP) is 6.66. The minimum absolute atomic E-state index is 0.0269. The van der Waals surface area contributed by atoms with E-state index < -0.39 is 23.3 Å². The second-order valence-corrected chi connectivity index (χ2v) is 12.2. The number of aliphatic imine (C=N–C) groups is 1. The number of benzene rings is 2. The summed E-state index contributed by atoms with van der Waals surface area (Å²) in [5, 5.41) is 11.4. The third-order valence-electron chi connectivity index (χ3n) is 9.24. The van der Waals surface area contributed by atoms with Gasteiger partial charge in [0.25, 0.3) is 11.8 Å². The van der Waals surface area contributed by atoms with E-state index in [0.717, 1.165) is 43.4 Å². The quantitative estimate of drug-likeness (QED) is 0.310. The van der Waals surface area contributed by atoms with E-state index >= 15 is 0 Å². The van der Waals surface area contributed by atoms with Crippen molar-refractivity contribution < 1.29 is 28.3 Å². The van der Waals surface area contributed by atoms with Crippen molar-refractivity contribution in [1.82, 2.24) is 10.2 Å². The second kappa shape index (κ2) is 12.7. The van der Waals surface area contributed by atoms with Crippen LogP contribution in [0, 0.1) is 23.0 Å².